The van der Waals surface area contributed by atoms with Crippen LogP contribution in [0.4, 0.5) is 5.69 Å². The first-order valence-electron chi connectivity index (χ1n) is 7.74. The Hall–Kier alpha value is -2.36. The smallest absolute Gasteiger partial charge is 0.0662 e. The Morgan fingerprint density at radius 3 is 2.41 bits per heavy atom. The summed E-state index contributed by atoms with van der Waals surface area (Å²) in [6, 6.07) is 12.8. The quantitative estimate of drug-likeness (QED) is 0.816. The molecule has 1 aromatic carbocycles. The summed E-state index contributed by atoms with van der Waals surface area (Å²) in [6.07, 6.45) is 3.65. The van der Waals surface area contributed by atoms with Crippen LogP contribution < -0.4 is 4.90 Å². The summed E-state index contributed by atoms with van der Waals surface area (Å²) in [5.74, 6) is 0. The van der Waals surface area contributed by atoms with E-state index in [1.807, 2.05) is 25.3 Å². The van der Waals surface area contributed by atoms with Crippen LogP contribution in [0.2, 0.25) is 0 Å². The number of benzene rings is 1. The molecule has 1 saturated heterocycles. The Bertz CT molecular complexity index is 626. The lowest BCUT2D eigenvalue weighted by atomic mass is 10.2. The first kappa shape index (κ1) is 14.6. The van der Waals surface area contributed by atoms with E-state index < -0.39 is 0 Å². The van der Waals surface area contributed by atoms with Crippen molar-refractivity contribution in [2.45, 2.75) is 13.8 Å². The van der Waals surface area contributed by atoms with E-state index in [-0.39, 0.29) is 0 Å². The van der Waals surface area contributed by atoms with Crippen molar-refractivity contribution in [3.05, 3.63) is 59.9 Å². The summed E-state index contributed by atoms with van der Waals surface area (Å²) in [6.45, 7) is 8.08. The highest BCUT2D eigenvalue weighted by molar-refractivity contribution is 5.98. The van der Waals surface area contributed by atoms with Crippen molar-refractivity contribution < 1.29 is 0 Å². The zero-order valence-corrected chi connectivity index (χ0v) is 13.2. The second kappa shape index (κ2) is 6.60. The van der Waals surface area contributed by atoms with E-state index >= 15 is 0 Å². The third-order valence-corrected chi connectivity index (χ3v) is 4.03. The summed E-state index contributed by atoms with van der Waals surface area (Å²) in [5, 5.41) is 6.89. The Kier molecular flexibility index (Phi) is 4.37. The molecule has 0 unspecified atom stereocenters. The Morgan fingerprint density at radius 2 is 1.77 bits per heavy atom. The maximum absolute atomic E-state index is 4.73. The fourth-order valence-corrected chi connectivity index (χ4v) is 2.66. The lowest BCUT2D eigenvalue weighted by Crippen LogP contribution is -2.44. The van der Waals surface area contributed by atoms with Crippen LogP contribution >= 0.6 is 0 Å². The average molecular weight is 294 g/mol. The molecule has 0 radical (unpaired) electrons. The third-order valence-electron chi connectivity index (χ3n) is 4.03. The molecule has 0 aliphatic carbocycles. The molecule has 0 amide bonds. The predicted molar refractivity (Wildman–Crippen MR) is 91.4 cm³/mol. The molecule has 4 nitrogen and oxygen atoms in total. The van der Waals surface area contributed by atoms with Crippen molar-refractivity contribution in [2.75, 3.05) is 31.1 Å². The summed E-state index contributed by atoms with van der Waals surface area (Å²) in [7, 11) is 0. The van der Waals surface area contributed by atoms with Crippen LogP contribution in [0.15, 0.2) is 53.9 Å². The van der Waals surface area contributed by atoms with Gasteiger partial charge in [-0.1, -0.05) is 23.8 Å². The molecule has 1 aliphatic rings. The molecule has 0 atom stereocenters. The van der Waals surface area contributed by atoms with Gasteiger partial charge in [0.2, 0.25) is 0 Å². The highest BCUT2D eigenvalue weighted by atomic mass is 15.5. The van der Waals surface area contributed by atoms with E-state index in [2.05, 4.69) is 46.1 Å². The summed E-state index contributed by atoms with van der Waals surface area (Å²) < 4.78 is 0. The summed E-state index contributed by atoms with van der Waals surface area (Å²) >= 11 is 0. The maximum atomic E-state index is 4.73. The van der Waals surface area contributed by atoms with Gasteiger partial charge in [0.25, 0.3) is 0 Å². The van der Waals surface area contributed by atoms with Crippen molar-refractivity contribution in [3.8, 4) is 0 Å². The van der Waals surface area contributed by atoms with Crippen molar-refractivity contribution in [1.29, 1.82) is 0 Å². The van der Waals surface area contributed by atoms with Gasteiger partial charge in [0.1, 0.15) is 0 Å². The molecule has 2 aromatic rings. The van der Waals surface area contributed by atoms with E-state index in [1.165, 1.54) is 11.3 Å². The lowest BCUT2D eigenvalue weighted by Gasteiger charge is -2.35. The Morgan fingerprint density at radius 1 is 1.05 bits per heavy atom. The van der Waals surface area contributed by atoms with Crippen molar-refractivity contribution in [2.24, 2.45) is 5.10 Å². The molecular formula is C18H22N4. The Balaban J connectivity index is 1.61. The zero-order valence-electron chi connectivity index (χ0n) is 13.2. The number of hydrogen-bond acceptors (Lipinski definition) is 4. The minimum atomic E-state index is 0.950. The molecule has 0 bridgehead atoms. The number of nitrogens with zero attached hydrogens (tertiary/aromatic N) is 4. The second-order valence-corrected chi connectivity index (χ2v) is 5.70. The maximum Gasteiger partial charge on any atom is 0.0662 e. The molecule has 1 aromatic heterocycles. The van der Waals surface area contributed by atoms with Gasteiger partial charge < -0.3 is 4.90 Å². The minimum Gasteiger partial charge on any atom is -0.368 e. The summed E-state index contributed by atoms with van der Waals surface area (Å²) in [4.78, 5) is 6.57. The van der Waals surface area contributed by atoms with Gasteiger partial charge in [0, 0.05) is 36.7 Å². The van der Waals surface area contributed by atoms with Gasteiger partial charge in [-0.25, -0.2) is 0 Å². The number of aromatic nitrogens is 1. The monoisotopic (exact) mass is 294 g/mol. The standard InChI is InChI=1S/C18H22N4/c1-15-5-7-18(8-6-15)21-10-12-22(13-11-21)20-16(2)17-4-3-9-19-14-17/h3-9,14H,10-13H2,1-2H3. The first-order valence-corrected chi connectivity index (χ1v) is 7.74. The van der Waals surface area contributed by atoms with Gasteiger partial charge in [-0.3, -0.25) is 9.99 Å². The van der Waals surface area contributed by atoms with E-state index in [0.717, 1.165) is 37.5 Å². The molecule has 1 fully saturated rings. The molecule has 2 heterocycles. The zero-order chi connectivity index (χ0) is 15.4. The topological polar surface area (TPSA) is 31.7 Å². The van der Waals surface area contributed by atoms with E-state index in [1.54, 1.807) is 6.20 Å². The van der Waals surface area contributed by atoms with Crippen LogP contribution in [-0.2, 0) is 0 Å². The fraction of sp³-hybridized carbons (Fsp3) is 0.333. The molecule has 4 heteroatoms. The number of hydrogen-bond donors (Lipinski definition) is 0. The number of aryl methyl sites for hydroxylation is 1. The summed E-state index contributed by atoms with van der Waals surface area (Å²) in [5.41, 5.74) is 4.72. The lowest BCUT2D eigenvalue weighted by molar-refractivity contribution is 0.270. The van der Waals surface area contributed by atoms with Gasteiger partial charge in [0.05, 0.1) is 18.8 Å². The highest BCUT2D eigenvalue weighted by Gasteiger charge is 2.16. The molecule has 114 valence electrons. The van der Waals surface area contributed by atoms with Crippen LogP contribution in [0.25, 0.3) is 0 Å². The fourth-order valence-electron chi connectivity index (χ4n) is 2.66. The van der Waals surface area contributed by atoms with Crippen LogP contribution in [0, 0.1) is 6.92 Å². The largest absolute Gasteiger partial charge is 0.368 e. The SMILES string of the molecule is CC(=NN1CCN(c2ccc(C)cc2)CC1)c1cccnc1. The highest BCUT2D eigenvalue weighted by Crippen LogP contribution is 2.17. The van der Waals surface area contributed by atoms with E-state index in [0.29, 0.717) is 0 Å². The van der Waals surface area contributed by atoms with Crippen LogP contribution in [0.3, 0.4) is 0 Å². The van der Waals surface area contributed by atoms with Gasteiger partial charge in [-0.15, -0.1) is 0 Å². The predicted octanol–water partition coefficient (Wildman–Crippen LogP) is 2.94. The average Bonchev–Trinajstić information content (AvgIpc) is 2.57. The number of piperazine rings is 1. The molecular weight excluding hydrogens is 272 g/mol. The van der Waals surface area contributed by atoms with Crippen molar-refractivity contribution >= 4 is 11.4 Å². The van der Waals surface area contributed by atoms with Crippen molar-refractivity contribution in [1.82, 2.24) is 9.99 Å². The third kappa shape index (κ3) is 3.45. The van der Waals surface area contributed by atoms with Gasteiger partial charge in [-0.2, -0.15) is 5.10 Å². The molecule has 0 saturated carbocycles. The number of rotatable bonds is 3. The van der Waals surface area contributed by atoms with Crippen LogP contribution in [0.5, 0.6) is 0 Å². The number of pyridine rings is 1. The molecule has 22 heavy (non-hydrogen) atoms. The van der Waals surface area contributed by atoms with Crippen LogP contribution in [-0.4, -0.2) is 41.9 Å². The van der Waals surface area contributed by atoms with E-state index in [4.69, 9.17) is 5.10 Å². The van der Waals surface area contributed by atoms with Crippen LogP contribution in [0.1, 0.15) is 18.1 Å². The number of hydrazone groups is 1. The molecule has 0 spiro atoms. The molecule has 1 aliphatic heterocycles. The number of anilines is 1. The molecule has 0 N–H and O–H groups in total. The molecule has 3 rings (SSSR count). The van der Waals surface area contributed by atoms with Gasteiger partial charge in [-0.05, 0) is 32.0 Å². The van der Waals surface area contributed by atoms with E-state index in [9.17, 15) is 0 Å². The second-order valence-electron chi connectivity index (χ2n) is 5.70. The first-order chi connectivity index (χ1) is 10.7. The van der Waals surface area contributed by atoms with Gasteiger partial charge >= 0.3 is 0 Å². The Labute approximate surface area is 132 Å². The van der Waals surface area contributed by atoms with Crippen molar-refractivity contribution in [3.63, 3.8) is 0 Å². The normalized spacial score (nSPS) is 16.0. The minimum absolute atomic E-state index is 0.950. The van der Waals surface area contributed by atoms with Gasteiger partial charge in [0.15, 0.2) is 0 Å².